The van der Waals surface area contributed by atoms with Crippen molar-refractivity contribution in [2.24, 2.45) is 0 Å². The SMILES string of the molecule is Cc1cc(O)c(C[NH+](C)CC(=O)NC(C)(C)C)cc1C(C)C. The van der Waals surface area contributed by atoms with E-state index in [0.29, 0.717) is 24.8 Å². The number of benzene rings is 1. The number of phenolic OH excluding ortho intramolecular Hbond substituents is 1. The Labute approximate surface area is 134 Å². The van der Waals surface area contributed by atoms with Crippen LogP contribution in [0.25, 0.3) is 0 Å². The minimum atomic E-state index is -0.214. The maximum atomic E-state index is 12.0. The number of aryl methyl sites for hydroxylation is 1. The van der Waals surface area contributed by atoms with Crippen molar-refractivity contribution in [2.75, 3.05) is 13.6 Å². The molecule has 0 saturated heterocycles. The Morgan fingerprint density at radius 2 is 1.91 bits per heavy atom. The Balaban J connectivity index is 2.78. The Bertz CT molecular complexity index is 531. The summed E-state index contributed by atoms with van der Waals surface area (Å²) in [5.74, 6) is 0.766. The molecule has 1 unspecified atom stereocenters. The second kappa shape index (κ2) is 7.14. The van der Waals surface area contributed by atoms with Crippen LogP contribution >= 0.6 is 0 Å². The number of rotatable bonds is 5. The molecule has 1 aromatic rings. The summed E-state index contributed by atoms with van der Waals surface area (Å²) in [7, 11) is 1.97. The van der Waals surface area contributed by atoms with Crippen LogP contribution in [0.3, 0.4) is 0 Å². The maximum Gasteiger partial charge on any atom is 0.275 e. The van der Waals surface area contributed by atoms with Gasteiger partial charge in [-0.25, -0.2) is 0 Å². The van der Waals surface area contributed by atoms with Crippen LogP contribution in [0.4, 0.5) is 0 Å². The fraction of sp³-hybridized carbons (Fsp3) is 0.611. The minimum Gasteiger partial charge on any atom is -0.507 e. The third-order valence-electron chi connectivity index (χ3n) is 3.56. The Hall–Kier alpha value is -1.55. The van der Waals surface area contributed by atoms with Gasteiger partial charge in [0.1, 0.15) is 12.3 Å². The summed E-state index contributed by atoms with van der Waals surface area (Å²) in [6.07, 6.45) is 0. The Kier molecular flexibility index (Phi) is 6.00. The van der Waals surface area contributed by atoms with Gasteiger partial charge in [-0.1, -0.05) is 13.8 Å². The molecule has 0 saturated carbocycles. The lowest BCUT2D eigenvalue weighted by Crippen LogP contribution is -3.09. The van der Waals surface area contributed by atoms with Gasteiger partial charge in [-0.05, 0) is 56.9 Å². The first-order valence-corrected chi connectivity index (χ1v) is 7.94. The molecule has 0 aliphatic rings. The van der Waals surface area contributed by atoms with Crippen molar-refractivity contribution < 1.29 is 14.8 Å². The normalized spacial score (nSPS) is 13.3. The number of aromatic hydroxyl groups is 1. The first kappa shape index (κ1) is 18.5. The average molecular weight is 307 g/mol. The molecule has 0 radical (unpaired) electrons. The molecule has 0 aromatic heterocycles. The molecular formula is C18H31N2O2+. The van der Waals surface area contributed by atoms with Crippen LogP contribution in [0, 0.1) is 6.92 Å². The number of quaternary nitrogens is 1. The number of carbonyl (C=O) groups is 1. The zero-order valence-electron chi connectivity index (χ0n) is 15.0. The molecule has 1 aromatic carbocycles. The van der Waals surface area contributed by atoms with Crippen molar-refractivity contribution in [2.45, 2.75) is 59.5 Å². The van der Waals surface area contributed by atoms with Gasteiger partial charge in [0.15, 0.2) is 6.54 Å². The van der Waals surface area contributed by atoms with Crippen molar-refractivity contribution in [3.63, 3.8) is 0 Å². The molecule has 0 spiro atoms. The van der Waals surface area contributed by atoms with E-state index >= 15 is 0 Å². The van der Waals surface area contributed by atoms with E-state index in [0.717, 1.165) is 16.0 Å². The summed E-state index contributed by atoms with van der Waals surface area (Å²) in [5.41, 5.74) is 3.04. The number of hydrogen-bond donors (Lipinski definition) is 3. The van der Waals surface area contributed by atoms with E-state index in [4.69, 9.17) is 0 Å². The lowest BCUT2D eigenvalue weighted by molar-refractivity contribution is -0.885. The van der Waals surface area contributed by atoms with Gasteiger partial charge in [0.2, 0.25) is 0 Å². The zero-order chi connectivity index (χ0) is 17.1. The number of hydrogen-bond acceptors (Lipinski definition) is 2. The van der Waals surface area contributed by atoms with Gasteiger partial charge in [-0.15, -0.1) is 0 Å². The number of amides is 1. The number of likely N-dealkylation sites (N-methyl/N-ethyl adjacent to an activating group) is 1. The Morgan fingerprint density at radius 3 is 2.41 bits per heavy atom. The van der Waals surface area contributed by atoms with Crippen molar-refractivity contribution in [3.05, 3.63) is 28.8 Å². The lowest BCUT2D eigenvalue weighted by Gasteiger charge is -2.22. The summed E-state index contributed by atoms with van der Waals surface area (Å²) >= 11 is 0. The molecule has 0 heterocycles. The van der Waals surface area contributed by atoms with E-state index in [1.54, 1.807) is 0 Å². The monoisotopic (exact) mass is 307 g/mol. The molecule has 1 amide bonds. The largest absolute Gasteiger partial charge is 0.507 e. The lowest BCUT2D eigenvalue weighted by atomic mass is 9.95. The van der Waals surface area contributed by atoms with Gasteiger partial charge in [0, 0.05) is 11.1 Å². The van der Waals surface area contributed by atoms with Gasteiger partial charge in [-0.2, -0.15) is 0 Å². The molecule has 22 heavy (non-hydrogen) atoms. The van der Waals surface area contributed by atoms with Crippen molar-refractivity contribution in [1.29, 1.82) is 0 Å². The minimum absolute atomic E-state index is 0.0284. The van der Waals surface area contributed by atoms with E-state index in [1.165, 1.54) is 5.56 Å². The quantitative estimate of drug-likeness (QED) is 0.776. The second-order valence-electron chi connectivity index (χ2n) is 7.60. The van der Waals surface area contributed by atoms with Crippen molar-refractivity contribution in [3.8, 4) is 5.75 Å². The molecule has 0 aliphatic heterocycles. The second-order valence-corrected chi connectivity index (χ2v) is 7.60. The van der Waals surface area contributed by atoms with Gasteiger partial charge < -0.3 is 15.3 Å². The summed E-state index contributed by atoms with van der Waals surface area (Å²) < 4.78 is 0. The molecular weight excluding hydrogens is 276 g/mol. The molecule has 124 valence electrons. The third-order valence-corrected chi connectivity index (χ3v) is 3.56. The predicted octanol–water partition coefficient (Wildman–Crippen LogP) is 1.75. The van der Waals surface area contributed by atoms with E-state index in [9.17, 15) is 9.90 Å². The van der Waals surface area contributed by atoms with Crippen LogP contribution in [-0.2, 0) is 11.3 Å². The van der Waals surface area contributed by atoms with E-state index in [-0.39, 0.29) is 11.4 Å². The summed E-state index contributed by atoms with van der Waals surface area (Å²) in [4.78, 5) is 13.0. The maximum absolute atomic E-state index is 12.0. The average Bonchev–Trinajstić information content (AvgIpc) is 2.29. The van der Waals surface area contributed by atoms with Crippen LogP contribution in [0.2, 0.25) is 0 Å². The van der Waals surface area contributed by atoms with E-state index < -0.39 is 0 Å². The predicted molar refractivity (Wildman–Crippen MR) is 90.3 cm³/mol. The Morgan fingerprint density at radius 1 is 1.32 bits per heavy atom. The summed E-state index contributed by atoms with van der Waals surface area (Å²) in [5, 5.41) is 13.1. The van der Waals surface area contributed by atoms with Crippen LogP contribution in [0.15, 0.2) is 12.1 Å². The van der Waals surface area contributed by atoms with Gasteiger partial charge in [-0.3, -0.25) is 4.79 Å². The molecule has 0 fully saturated rings. The zero-order valence-corrected chi connectivity index (χ0v) is 15.0. The fourth-order valence-electron chi connectivity index (χ4n) is 2.64. The van der Waals surface area contributed by atoms with Crippen LogP contribution in [-0.4, -0.2) is 30.1 Å². The number of carbonyl (C=O) groups excluding carboxylic acids is 1. The van der Waals surface area contributed by atoms with Crippen LogP contribution in [0.5, 0.6) is 5.75 Å². The molecule has 4 heteroatoms. The van der Waals surface area contributed by atoms with Crippen LogP contribution in [0.1, 0.15) is 57.2 Å². The molecule has 0 aliphatic carbocycles. The van der Waals surface area contributed by atoms with E-state index in [2.05, 4.69) is 25.2 Å². The standard InChI is InChI=1S/C18H30N2O2/c1-12(2)15-9-14(16(21)8-13(15)3)10-20(7)11-17(22)19-18(4,5)6/h8-9,12,21H,10-11H2,1-7H3,(H,19,22)/p+1. The molecule has 4 nitrogen and oxygen atoms in total. The molecule has 3 N–H and O–H groups in total. The highest BCUT2D eigenvalue weighted by Gasteiger charge is 2.18. The highest BCUT2D eigenvalue weighted by Crippen LogP contribution is 2.26. The van der Waals surface area contributed by atoms with Crippen molar-refractivity contribution >= 4 is 5.91 Å². The first-order chi connectivity index (χ1) is 9.99. The molecule has 1 rings (SSSR count). The highest BCUT2D eigenvalue weighted by molar-refractivity contribution is 5.77. The van der Waals surface area contributed by atoms with Gasteiger partial charge in [0.05, 0.1) is 7.05 Å². The first-order valence-electron chi connectivity index (χ1n) is 7.94. The number of phenols is 1. The third kappa shape index (κ3) is 5.68. The topological polar surface area (TPSA) is 53.8 Å². The molecule has 1 atom stereocenters. The number of nitrogens with one attached hydrogen (secondary N) is 2. The fourth-order valence-corrected chi connectivity index (χ4v) is 2.64. The summed E-state index contributed by atoms with van der Waals surface area (Å²) in [6, 6.07) is 3.90. The van der Waals surface area contributed by atoms with Crippen molar-refractivity contribution in [1.82, 2.24) is 5.32 Å². The molecule has 0 bridgehead atoms. The van der Waals surface area contributed by atoms with Crippen LogP contribution < -0.4 is 10.2 Å². The van der Waals surface area contributed by atoms with E-state index in [1.807, 2.05) is 40.8 Å². The van der Waals surface area contributed by atoms with Gasteiger partial charge in [0.25, 0.3) is 5.91 Å². The van der Waals surface area contributed by atoms with Gasteiger partial charge >= 0.3 is 0 Å². The smallest absolute Gasteiger partial charge is 0.275 e. The highest BCUT2D eigenvalue weighted by atomic mass is 16.3. The summed E-state index contributed by atoms with van der Waals surface area (Å²) in [6.45, 7) is 13.3.